The lowest BCUT2D eigenvalue weighted by molar-refractivity contribution is 0.356. The van der Waals surface area contributed by atoms with Crippen molar-refractivity contribution >= 4 is 11.5 Å². The number of hydrogen-bond donors (Lipinski definition) is 1. The molecular weight excluding hydrogens is 380 g/mol. The van der Waals surface area contributed by atoms with Gasteiger partial charge in [0.15, 0.2) is 0 Å². The third-order valence-electron chi connectivity index (χ3n) is 5.19. The normalized spacial score (nSPS) is 15.1. The maximum atomic E-state index is 13.3. The van der Waals surface area contributed by atoms with Gasteiger partial charge in [0.05, 0.1) is 43.0 Å². The number of fused-ring (bicyclic) bond motifs is 1. The molecule has 7 heteroatoms. The van der Waals surface area contributed by atoms with Crippen LogP contribution in [0.15, 0.2) is 65.0 Å². The first-order chi connectivity index (χ1) is 14.6. The molecule has 4 rings (SSSR count). The predicted molar refractivity (Wildman–Crippen MR) is 113 cm³/mol. The summed E-state index contributed by atoms with van der Waals surface area (Å²) in [6, 6.07) is 19.4. The van der Waals surface area contributed by atoms with Gasteiger partial charge in [-0.3, -0.25) is 9.36 Å². The highest BCUT2D eigenvalue weighted by Crippen LogP contribution is 2.42. The quantitative estimate of drug-likeness (QED) is 0.723. The molecule has 0 amide bonds. The van der Waals surface area contributed by atoms with E-state index in [1.165, 1.54) is 11.7 Å². The Labute approximate surface area is 173 Å². The molecule has 1 unspecified atom stereocenters. The minimum Gasteiger partial charge on any atom is -0.497 e. The maximum absolute atomic E-state index is 13.3. The highest BCUT2D eigenvalue weighted by atomic mass is 16.5. The van der Waals surface area contributed by atoms with Crippen LogP contribution < -0.4 is 20.3 Å². The van der Waals surface area contributed by atoms with Crippen LogP contribution in [0.3, 0.4) is 0 Å². The average Bonchev–Trinajstić information content (AvgIpc) is 2.80. The lowest BCUT2D eigenvalue weighted by Crippen LogP contribution is -2.31. The van der Waals surface area contributed by atoms with Crippen LogP contribution >= 0.6 is 0 Å². The van der Waals surface area contributed by atoms with E-state index in [9.17, 15) is 10.1 Å². The number of methoxy groups -OCH3 is 2. The molecule has 1 aliphatic rings. The Morgan fingerprint density at radius 3 is 2.37 bits per heavy atom. The molecule has 2 heterocycles. The van der Waals surface area contributed by atoms with Crippen LogP contribution in [-0.4, -0.2) is 23.8 Å². The first-order valence-corrected chi connectivity index (χ1v) is 9.34. The van der Waals surface area contributed by atoms with E-state index in [0.717, 1.165) is 11.1 Å². The molecule has 1 aliphatic heterocycles. The van der Waals surface area contributed by atoms with E-state index in [0.29, 0.717) is 28.4 Å². The number of nitriles is 1. The van der Waals surface area contributed by atoms with Gasteiger partial charge in [-0.2, -0.15) is 10.2 Å². The number of ether oxygens (including phenoxy) is 2. The van der Waals surface area contributed by atoms with Gasteiger partial charge in [0.1, 0.15) is 11.6 Å². The largest absolute Gasteiger partial charge is 0.497 e. The van der Waals surface area contributed by atoms with Crippen LogP contribution in [0.5, 0.6) is 11.8 Å². The molecule has 0 fully saturated rings. The third-order valence-corrected chi connectivity index (χ3v) is 5.19. The van der Waals surface area contributed by atoms with Crippen molar-refractivity contribution in [2.45, 2.75) is 5.92 Å². The van der Waals surface area contributed by atoms with Crippen molar-refractivity contribution in [1.82, 2.24) is 9.55 Å². The van der Waals surface area contributed by atoms with Gasteiger partial charge in [-0.05, 0) is 23.3 Å². The Kier molecular flexibility index (Phi) is 4.98. The van der Waals surface area contributed by atoms with Gasteiger partial charge < -0.3 is 14.8 Å². The second kappa shape index (κ2) is 7.76. The fourth-order valence-corrected chi connectivity index (χ4v) is 3.69. The Morgan fingerprint density at radius 2 is 1.77 bits per heavy atom. The summed E-state index contributed by atoms with van der Waals surface area (Å²) in [5.74, 6) is 0.498. The zero-order valence-electron chi connectivity index (χ0n) is 16.8. The number of nitrogens with one attached hydrogen (secondary N) is 1. The van der Waals surface area contributed by atoms with Gasteiger partial charge in [-0.15, -0.1) is 0 Å². The number of allylic oxidation sites excluding steroid dienone is 1. The second-order valence-corrected chi connectivity index (χ2v) is 6.82. The van der Waals surface area contributed by atoms with Crippen molar-refractivity contribution in [1.29, 1.82) is 5.26 Å². The summed E-state index contributed by atoms with van der Waals surface area (Å²) in [6.07, 6.45) is 0. The molecule has 30 heavy (non-hydrogen) atoms. The van der Waals surface area contributed by atoms with Gasteiger partial charge >= 0.3 is 6.01 Å². The molecule has 0 saturated heterocycles. The summed E-state index contributed by atoms with van der Waals surface area (Å²) in [7, 11) is 4.66. The molecule has 0 aliphatic carbocycles. The van der Waals surface area contributed by atoms with Gasteiger partial charge in [-0.25, -0.2) is 0 Å². The maximum Gasteiger partial charge on any atom is 0.300 e. The first-order valence-electron chi connectivity index (χ1n) is 9.34. The average molecular weight is 400 g/mol. The topological polar surface area (TPSA) is 89.2 Å². The molecule has 0 saturated carbocycles. The zero-order valence-corrected chi connectivity index (χ0v) is 16.8. The summed E-state index contributed by atoms with van der Waals surface area (Å²) in [5, 5.41) is 13.3. The smallest absolute Gasteiger partial charge is 0.300 e. The highest BCUT2D eigenvalue weighted by Gasteiger charge is 2.35. The molecule has 2 aromatic carbocycles. The van der Waals surface area contributed by atoms with Crippen LogP contribution in [-0.2, 0) is 7.05 Å². The van der Waals surface area contributed by atoms with Crippen LogP contribution in [0, 0.1) is 11.3 Å². The fourth-order valence-electron chi connectivity index (χ4n) is 3.69. The van der Waals surface area contributed by atoms with E-state index in [2.05, 4.69) is 16.4 Å². The van der Waals surface area contributed by atoms with Crippen molar-refractivity contribution in [3.05, 3.63) is 87.2 Å². The highest BCUT2D eigenvalue weighted by molar-refractivity contribution is 5.86. The van der Waals surface area contributed by atoms with Gasteiger partial charge in [0, 0.05) is 7.05 Å². The zero-order chi connectivity index (χ0) is 21.3. The van der Waals surface area contributed by atoms with Gasteiger partial charge in [0.2, 0.25) is 0 Å². The monoisotopic (exact) mass is 400 g/mol. The summed E-state index contributed by atoms with van der Waals surface area (Å²) in [6.45, 7) is 0. The molecule has 7 nitrogen and oxygen atoms in total. The van der Waals surface area contributed by atoms with E-state index in [4.69, 9.17) is 9.47 Å². The minimum atomic E-state index is -0.579. The molecule has 3 aromatic rings. The molecule has 0 spiro atoms. The molecule has 1 atom stereocenters. The fraction of sp³-hybridized carbons (Fsp3) is 0.174. The van der Waals surface area contributed by atoms with Crippen LogP contribution in [0.4, 0.5) is 5.82 Å². The number of aromatic nitrogens is 2. The molecule has 0 radical (unpaired) electrons. The Balaban J connectivity index is 2.03. The van der Waals surface area contributed by atoms with E-state index >= 15 is 0 Å². The van der Waals surface area contributed by atoms with E-state index in [1.807, 2.05) is 54.6 Å². The van der Waals surface area contributed by atoms with Crippen LogP contribution in [0.1, 0.15) is 22.6 Å². The molecular formula is C23H20N4O3. The van der Waals surface area contributed by atoms with E-state index in [-0.39, 0.29) is 11.6 Å². The van der Waals surface area contributed by atoms with Crippen molar-refractivity contribution in [2.24, 2.45) is 7.05 Å². The van der Waals surface area contributed by atoms with Crippen molar-refractivity contribution in [3.63, 3.8) is 0 Å². The Hall–Kier alpha value is -4.05. The summed E-state index contributed by atoms with van der Waals surface area (Å²) < 4.78 is 11.9. The Morgan fingerprint density at radius 1 is 1.07 bits per heavy atom. The summed E-state index contributed by atoms with van der Waals surface area (Å²) in [4.78, 5) is 17.8. The molecule has 1 aromatic heterocycles. The number of nitrogens with zero attached hydrogens (tertiary/aromatic N) is 3. The molecule has 1 N–H and O–H groups in total. The lowest BCUT2D eigenvalue weighted by Gasteiger charge is -2.29. The molecule has 150 valence electrons. The first kappa shape index (κ1) is 19.3. The van der Waals surface area contributed by atoms with Gasteiger partial charge in [-0.1, -0.05) is 42.5 Å². The van der Waals surface area contributed by atoms with E-state index < -0.39 is 5.92 Å². The number of benzene rings is 2. The van der Waals surface area contributed by atoms with Crippen LogP contribution in [0.25, 0.3) is 5.70 Å². The van der Waals surface area contributed by atoms with Crippen molar-refractivity contribution in [3.8, 4) is 17.8 Å². The SMILES string of the molecule is COc1ccc(C2C(C#N)=C(c3ccccc3)Nc3nc(OC)n(C)c(=O)c32)cc1. The second-order valence-electron chi connectivity index (χ2n) is 6.82. The minimum absolute atomic E-state index is 0.188. The van der Waals surface area contributed by atoms with Gasteiger partial charge in [0.25, 0.3) is 5.56 Å². The lowest BCUT2D eigenvalue weighted by atomic mass is 9.81. The number of rotatable bonds is 4. The number of anilines is 1. The van der Waals surface area contributed by atoms with E-state index in [1.54, 1.807) is 14.2 Å². The van der Waals surface area contributed by atoms with Crippen LogP contribution in [0.2, 0.25) is 0 Å². The summed E-state index contributed by atoms with van der Waals surface area (Å²) >= 11 is 0. The Bertz CT molecular complexity index is 1220. The standard InChI is InChI=1S/C23H20N4O3/c1-27-22(28)19-18(14-9-11-16(29-2)12-10-14)17(13-24)20(15-7-5-4-6-8-15)25-21(19)26-23(27)30-3/h4-12,18,25H,1-3H3. The van der Waals surface area contributed by atoms with Crippen molar-refractivity contribution in [2.75, 3.05) is 19.5 Å². The summed E-state index contributed by atoms with van der Waals surface area (Å²) in [5.41, 5.74) is 2.83. The number of hydrogen-bond acceptors (Lipinski definition) is 6. The third kappa shape index (κ3) is 3.08. The predicted octanol–water partition coefficient (Wildman–Crippen LogP) is 3.29. The van der Waals surface area contributed by atoms with Crippen molar-refractivity contribution < 1.29 is 9.47 Å². The molecule has 0 bridgehead atoms.